The molecule has 5 heteroatoms. The number of nitrogens with zero attached hydrogens (tertiary/aromatic N) is 1. The van der Waals surface area contributed by atoms with E-state index in [1.165, 1.54) is 0 Å². The molecule has 16 heavy (non-hydrogen) atoms. The van der Waals surface area contributed by atoms with Gasteiger partial charge in [0.25, 0.3) is 0 Å². The van der Waals surface area contributed by atoms with Crippen LogP contribution in [-0.2, 0) is 10.0 Å². The van der Waals surface area contributed by atoms with Gasteiger partial charge in [-0.15, -0.1) is 0 Å². The zero-order valence-electron chi connectivity index (χ0n) is 10.4. The molecule has 0 saturated carbocycles. The number of rotatable bonds is 5. The molecule has 0 aromatic rings. The lowest BCUT2D eigenvalue weighted by Crippen LogP contribution is -2.48. The Morgan fingerprint density at radius 2 is 1.75 bits per heavy atom. The predicted molar refractivity (Wildman–Crippen MR) is 66.7 cm³/mol. The lowest BCUT2D eigenvalue weighted by atomic mass is 10.0. The van der Waals surface area contributed by atoms with Crippen molar-refractivity contribution in [3.05, 3.63) is 0 Å². The average molecular weight is 248 g/mol. The first-order valence-electron chi connectivity index (χ1n) is 6.20. The second-order valence-electron chi connectivity index (χ2n) is 4.77. The molecule has 0 aromatic heterocycles. The predicted octanol–water partition coefficient (Wildman–Crippen LogP) is 1.32. The van der Waals surface area contributed by atoms with Crippen LogP contribution < -0.4 is 5.73 Å². The average Bonchev–Trinajstić information content (AvgIpc) is 2.17. The van der Waals surface area contributed by atoms with Crippen LogP contribution in [-0.4, -0.2) is 37.1 Å². The molecule has 96 valence electrons. The molecule has 2 N–H and O–H groups in total. The highest BCUT2D eigenvalue weighted by molar-refractivity contribution is 7.89. The molecule has 0 amide bonds. The van der Waals surface area contributed by atoms with E-state index in [2.05, 4.69) is 0 Å². The van der Waals surface area contributed by atoms with Gasteiger partial charge in [-0.25, -0.2) is 8.42 Å². The van der Waals surface area contributed by atoms with E-state index in [1.807, 2.05) is 13.8 Å². The molecule has 2 atom stereocenters. The van der Waals surface area contributed by atoms with Gasteiger partial charge in [-0.2, -0.15) is 4.31 Å². The second kappa shape index (κ2) is 5.98. The number of unbranched alkanes of at least 4 members (excludes halogenated alkanes) is 1. The first-order valence-corrected chi connectivity index (χ1v) is 7.81. The number of sulfonamides is 1. The van der Waals surface area contributed by atoms with E-state index in [0.717, 1.165) is 25.7 Å². The molecule has 1 rings (SSSR count). The summed E-state index contributed by atoms with van der Waals surface area (Å²) in [7, 11) is -3.08. The maximum Gasteiger partial charge on any atom is 0.214 e. The molecule has 0 radical (unpaired) electrons. The van der Waals surface area contributed by atoms with Crippen molar-refractivity contribution >= 4 is 10.0 Å². The summed E-state index contributed by atoms with van der Waals surface area (Å²) in [5, 5.41) is 0. The monoisotopic (exact) mass is 248 g/mol. The topological polar surface area (TPSA) is 63.4 Å². The molecule has 0 aromatic carbocycles. The van der Waals surface area contributed by atoms with E-state index >= 15 is 0 Å². The minimum Gasteiger partial charge on any atom is -0.330 e. The van der Waals surface area contributed by atoms with Crippen LogP contribution in [0.4, 0.5) is 0 Å². The first kappa shape index (κ1) is 13.9. The highest BCUT2D eigenvalue weighted by Gasteiger charge is 2.33. The zero-order valence-corrected chi connectivity index (χ0v) is 11.2. The van der Waals surface area contributed by atoms with Crippen molar-refractivity contribution in [1.82, 2.24) is 4.31 Å². The maximum atomic E-state index is 12.2. The molecule has 1 aliphatic rings. The second-order valence-corrected chi connectivity index (χ2v) is 6.76. The van der Waals surface area contributed by atoms with E-state index in [4.69, 9.17) is 5.73 Å². The fourth-order valence-corrected chi connectivity index (χ4v) is 4.57. The van der Waals surface area contributed by atoms with Gasteiger partial charge in [0, 0.05) is 12.1 Å². The maximum absolute atomic E-state index is 12.2. The summed E-state index contributed by atoms with van der Waals surface area (Å²) in [6.07, 6.45) is 4.57. The Bertz CT molecular complexity index is 293. The molecule has 4 nitrogen and oxygen atoms in total. The first-order chi connectivity index (χ1) is 7.49. The van der Waals surface area contributed by atoms with Crippen molar-refractivity contribution in [3.8, 4) is 0 Å². The third kappa shape index (κ3) is 3.43. The van der Waals surface area contributed by atoms with Crippen LogP contribution in [0.5, 0.6) is 0 Å². The number of hydrogen-bond acceptors (Lipinski definition) is 3. The molecule has 1 fully saturated rings. The van der Waals surface area contributed by atoms with Crippen molar-refractivity contribution in [2.45, 2.75) is 58.0 Å². The summed E-state index contributed by atoms with van der Waals surface area (Å²) >= 11 is 0. The van der Waals surface area contributed by atoms with Crippen LogP contribution in [0, 0.1) is 0 Å². The smallest absolute Gasteiger partial charge is 0.214 e. The molecule has 1 saturated heterocycles. The summed E-state index contributed by atoms with van der Waals surface area (Å²) in [6.45, 7) is 4.59. The summed E-state index contributed by atoms with van der Waals surface area (Å²) in [4.78, 5) is 0. The number of piperidine rings is 1. The highest BCUT2D eigenvalue weighted by Crippen LogP contribution is 2.26. The summed E-state index contributed by atoms with van der Waals surface area (Å²) in [5.41, 5.74) is 5.38. The molecule has 0 spiro atoms. The largest absolute Gasteiger partial charge is 0.330 e. The fourth-order valence-electron chi connectivity index (χ4n) is 2.48. The van der Waals surface area contributed by atoms with Gasteiger partial charge in [0.2, 0.25) is 10.0 Å². The lowest BCUT2D eigenvalue weighted by molar-refractivity contribution is 0.204. The molecule has 1 heterocycles. The van der Waals surface area contributed by atoms with Crippen LogP contribution in [0.1, 0.15) is 46.0 Å². The van der Waals surface area contributed by atoms with Gasteiger partial charge in [-0.05, 0) is 46.1 Å². The quantitative estimate of drug-likeness (QED) is 0.746. The minimum atomic E-state index is -3.08. The van der Waals surface area contributed by atoms with Gasteiger partial charge in [0.15, 0.2) is 0 Å². The van der Waals surface area contributed by atoms with E-state index in [9.17, 15) is 8.42 Å². The van der Waals surface area contributed by atoms with E-state index in [1.54, 1.807) is 4.31 Å². The molecule has 0 unspecified atom stereocenters. The minimum absolute atomic E-state index is 0.159. The Morgan fingerprint density at radius 1 is 1.19 bits per heavy atom. The molecule has 1 aliphatic heterocycles. The van der Waals surface area contributed by atoms with Crippen molar-refractivity contribution in [1.29, 1.82) is 0 Å². The number of hydrogen-bond donors (Lipinski definition) is 1. The molecular formula is C11H24N2O2S. The standard InChI is InChI=1S/C11H24N2O2S/c1-10-6-5-7-11(2)13(10)16(14,15)9-4-3-8-12/h10-11H,3-9,12H2,1-2H3/t10-,11+. The third-order valence-electron chi connectivity index (χ3n) is 3.29. The van der Waals surface area contributed by atoms with Gasteiger partial charge >= 0.3 is 0 Å². The lowest BCUT2D eigenvalue weighted by Gasteiger charge is -2.37. The van der Waals surface area contributed by atoms with Gasteiger partial charge in [0.1, 0.15) is 0 Å². The third-order valence-corrected chi connectivity index (χ3v) is 5.46. The highest BCUT2D eigenvalue weighted by atomic mass is 32.2. The van der Waals surface area contributed by atoms with Crippen molar-refractivity contribution in [2.75, 3.05) is 12.3 Å². The summed E-state index contributed by atoms with van der Waals surface area (Å²) < 4.78 is 26.0. The van der Waals surface area contributed by atoms with Gasteiger partial charge in [-0.1, -0.05) is 6.42 Å². The Morgan fingerprint density at radius 3 is 2.25 bits per heavy atom. The SMILES string of the molecule is C[C@@H]1CCC[C@H](C)N1S(=O)(=O)CCCCN. The summed E-state index contributed by atoms with van der Waals surface area (Å²) in [6, 6.07) is 0.318. The van der Waals surface area contributed by atoms with Gasteiger partial charge < -0.3 is 5.73 Å². The number of nitrogens with two attached hydrogens (primary N) is 1. The Balaban J connectivity index is 2.64. The van der Waals surface area contributed by atoms with E-state index in [-0.39, 0.29) is 17.8 Å². The Kier molecular flexibility index (Phi) is 5.21. The molecule has 0 bridgehead atoms. The van der Waals surface area contributed by atoms with Crippen molar-refractivity contribution < 1.29 is 8.42 Å². The Hall–Kier alpha value is -0.130. The van der Waals surface area contributed by atoms with Crippen LogP contribution in [0.25, 0.3) is 0 Å². The van der Waals surface area contributed by atoms with Crippen LogP contribution in [0.15, 0.2) is 0 Å². The van der Waals surface area contributed by atoms with Crippen LogP contribution in [0.3, 0.4) is 0 Å². The van der Waals surface area contributed by atoms with Crippen molar-refractivity contribution in [3.63, 3.8) is 0 Å². The Labute approximate surface area is 99.2 Å². The fraction of sp³-hybridized carbons (Fsp3) is 1.00. The molecular weight excluding hydrogens is 224 g/mol. The van der Waals surface area contributed by atoms with E-state index in [0.29, 0.717) is 13.0 Å². The van der Waals surface area contributed by atoms with Gasteiger partial charge in [0.05, 0.1) is 5.75 Å². The summed E-state index contributed by atoms with van der Waals surface area (Å²) in [5.74, 6) is 0.249. The van der Waals surface area contributed by atoms with Gasteiger partial charge in [-0.3, -0.25) is 0 Å². The normalized spacial score (nSPS) is 28.2. The van der Waals surface area contributed by atoms with Crippen LogP contribution >= 0.6 is 0 Å². The van der Waals surface area contributed by atoms with Crippen molar-refractivity contribution in [2.24, 2.45) is 5.73 Å². The van der Waals surface area contributed by atoms with E-state index < -0.39 is 10.0 Å². The molecule has 0 aliphatic carbocycles. The van der Waals surface area contributed by atoms with Crippen LogP contribution in [0.2, 0.25) is 0 Å². The zero-order chi connectivity index (χ0) is 12.2.